The van der Waals surface area contributed by atoms with Crippen LogP contribution in [0.3, 0.4) is 0 Å². The minimum atomic E-state index is 0.273. The fourth-order valence-electron chi connectivity index (χ4n) is 3.34. The summed E-state index contributed by atoms with van der Waals surface area (Å²) in [4.78, 5) is 2.45. The van der Waals surface area contributed by atoms with Crippen molar-refractivity contribution in [2.45, 2.75) is 19.4 Å². The van der Waals surface area contributed by atoms with Crippen molar-refractivity contribution in [3.63, 3.8) is 0 Å². The van der Waals surface area contributed by atoms with Crippen LogP contribution in [0.25, 0.3) is 0 Å². The van der Waals surface area contributed by atoms with Crippen molar-refractivity contribution >= 4 is 0 Å². The largest absolute Gasteiger partial charge is 0.493 e. The van der Waals surface area contributed by atoms with E-state index in [9.17, 15) is 0 Å². The Morgan fingerprint density at radius 3 is 2.38 bits per heavy atom. The summed E-state index contributed by atoms with van der Waals surface area (Å²) >= 11 is 0. The quantitative estimate of drug-likeness (QED) is 0.870. The fourth-order valence-corrected chi connectivity index (χ4v) is 3.34. The summed E-state index contributed by atoms with van der Waals surface area (Å²) in [6.07, 6.45) is 1.12. The predicted octanol–water partition coefficient (Wildman–Crippen LogP) is 2.05. The lowest BCUT2D eigenvalue weighted by Crippen LogP contribution is -2.28. The number of likely N-dealkylation sites (tertiary alicyclic amines) is 1. The van der Waals surface area contributed by atoms with Crippen LogP contribution in [-0.2, 0) is 0 Å². The zero-order valence-corrected chi connectivity index (χ0v) is 13.4. The van der Waals surface area contributed by atoms with E-state index in [0.717, 1.165) is 30.8 Å². The molecule has 0 aromatic heterocycles. The number of nitrogens with two attached hydrogens (primary N) is 1. The van der Waals surface area contributed by atoms with Crippen LogP contribution in [0.5, 0.6) is 17.2 Å². The Labute approximate surface area is 127 Å². The third-order valence-electron chi connectivity index (χ3n) is 4.39. The second-order valence-corrected chi connectivity index (χ2v) is 5.28. The molecule has 1 saturated heterocycles. The number of rotatable bonds is 6. The van der Waals surface area contributed by atoms with Gasteiger partial charge >= 0.3 is 0 Å². The van der Waals surface area contributed by atoms with Gasteiger partial charge in [0.2, 0.25) is 5.75 Å². The number of methoxy groups -OCH3 is 3. The predicted molar refractivity (Wildman–Crippen MR) is 83.2 cm³/mol. The van der Waals surface area contributed by atoms with Crippen LogP contribution in [-0.4, -0.2) is 45.9 Å². The summed E-state index contributed by atoms with van der Waals surface area (Å²) in [6.45, 7) is 4.93. The van der Waals surface area contributed by atoms with Gasteiger partial charge in [-0.3, -0.25) is 4.90 Å². The Hall–Kier alpha value is -1.46. The molecule has 1 aliphatic rings. The molecule has 0 radical (unpaired) electrons. The lowest BCUT2D eigenvalue weighted by molar-refractivity contribution is 0.232. The maximum Gasteiger partial charge on any atom is 0.203 e. The number of hydrogen-bond donors (Lipinski definition) is 1. The summed E-state index contributed by atoms with van der Waals surface area (Å²) in [7, 11) is 4.94. The SMILES string of the molecule is CCN1CCC(CN)C1c1ccc(OC)c(OC)c1OC. The van der Waals surface area contributed by atoms with Crippen LogP contribution in [0, 0.1) is 5.92 Å². The normalized spacial score (nSPS) is 22.3. The van der Waals surface area contributed by atoms with Gasteiger partial charge < -0.3 is 19.9 Å². The Bertz CT molecular complexity index is 467. The lowest BCUT2D eigenvalue weighted by Gasteiger charge is -2.29. The monoisotopic (exact) mass is 294 g/mol. The molecule has 2 unspecified atom stereocenters. The molecule has 5 heteroatoms. The molecule has 0 bridgehead atoms. The van der Waals surface area contributed by atoms with E-state index in [0.29, 0.717) is 24.0 Å². The summed E-state index contributed by atoms with van der Waals surface area (Å²) in [6, 6.07) is 4.28. The maximum absolute atomic E-state index is 5.97. The summed E-state index contributed by atoms with van der Waals surface area (Å²) in [5, 5.41) is 0. The van der Waals surface area contributed by atoms with Crippen LogP contribution in [0.2, 0.25) is 0 Å². The smallest absolute Gasteiger partial charge is 0.203 e. The third-order valence-corrected chi connectivity index (χ3v) is 4.39. The first kappa shape index (κ1) is 15.9. The molecule has 21 heavy (non-hydrogen) atoms. The lowest BCUT2D eigenvalue weighted by atomic mass is 9.92. The molecule has 1 aromatic rings. The first-order chi connectivity index (χ1) is 10.2. The Balaban J connectivity index is 2.51. The number of hydrogen-bond acceptors (Lipinski definition) is 5. The van der Waals surface area contributed by atoms with E-state index in [-0.39, 0.29) is 6.04 Å². The maximum atomic E-state index is 5.97. The molecule has 0 saturated carbocycles. The van der Waals surface area contributed by atoms with Crippen molar-refractivity contribution < 1.29 is 14.2 Å². The van der Waals surface area contributed by atoms with E-state index < -0.39 is 0 Å². The zero-order chi connectivity index (χ0) is 15.4. The highest BCUT2D eigenvalue weighted by atomic mass is 16.5. The molecular weight excluding hydrogens is 268 g/mol. The second kappa shape index (κ2) is 7.00. The molecule has 1 heterocycles. The van der Waals surface area contributed by atoms with Crippen molar-refractivity contribution in [1.82, 2.24) is 4.90 Å². The summed E-state index contributed by atoms with van der Waals surface area (Å²) in [5.74, 6) is 2.53. The molecule has 2 rings (SSSR count). The van der Waals surface area contributed by atoms with Gasteiger partial charge in [0, 0.05) is 11.6 Å². The van der Waals surface area contributed by atoms with Gasteiger partial charge in [-0.25, -0.2) is 0 Å². The van der Waals surface area contributed by atoms with Crippen LogP contribution in [0.4, 0.5) is 0 Å². The number of nitrogens with zero attached hydrogens (tertiary/aromatic N) is 1. The van der Waals surface area contributed by atoms with Crippen molar-refractivity contribution in [3.05, 3.63) is 17.7 Å². The van der Waals surface area contributed by atoms with E-state index in [2.05, 4.69) is 17.9 Å². The minimum Gasteiger partial charge on any atom is -0.493 e. The third kappa shape index (κ3) is 2.80. The van der Waals surface area contributed by atoms with E-state index in [1.807, 2.05) is 6.07 Å². The van der Waals surface area contributed by atoms with Gasteiger partial charge in [-0.15, -0.1) is 0 Å². The van der Waals surface area contributed by atoms with Gasteiger partial charge in [-0.1, -0.05) is 6.92 Å². The van der Waals surface area contributed by atoms with Crippen LogP contribution < -0.4 is 19.9 Å². The molecule has 1 fully saturated rings. The second-order valence-electron chi connectivity index (χ2n) is 5.28. The van der Waals surface area contributed by atoms with Crippen LogP contribution in [0.1, 0.15) is 24.9 Å². The Morgan fingerprint density at radius 2 is 1.86 bits per heavy atom. The zero-order valence-electron chi connectivity index (χ0n) is 13.4. The van der Waals surface area contributed by atoms with E-state index in [1.54, 1.807) is 21.3 Å². The van der Waals surface area contributed by atoms with Gasteiger partial charge in [0.05, 0.1) is 21.3 Å². The van der Waals surface area contributed by atoms with E-state index in [4.69, 9.17) is 19.9 Å². The molecule has 2 N–H and O–H groups in total. The van der Waals surface area contributed by atoms with E-state index in [1.165, 1.54) is 0 Å². The molecule has 5 nitrogen and oxygen atoms in total. The van der Waals surface area contributed by atoms with Crippen molar-refractivity contribution in [3.8, 4) is 17.2 Å². The Morgan fingerprint density at radius 1 is 1.14 bits per heavy atom. The highest BCUT2D eigenvalue weighted by Crippen LogP contribution is 2.47. The van der Waals surface area contributed by atoms with Crippen LogP contribution >= 0.6 is 0 Å². The molecule has 0 spiro atoms. The first-order valence-corrected chi connectivity index (χ1v) is 7.44. The average molecular weight is 294 g/mol. The van der Waals surface area contributed by atoms with Gasteiger partial charge in [0.25, 0.3) is 0 Å². The highest BCUT2D eigenvalue weighted by molar-refractivity contribution is 5.57. The topological polar surface area (TPSA) is 57.0 Å². The minimum absolute atomic E-state index is 0.273. The van der Waals surface area contributed by atoms with Gasteiger partial charge in [-0.2, -0.15) is 0 Å². The van der Waals surface area contributed by atoms with Gasteiger partial charge in [0.1, 0.15) is 0 Å². The van der Waals surface area contributed by atoms with Gasteiger partial charge in [0.15, 0.2) is 11.5 Å². The van der Waals surface area contributed by atoms with Crippen LogP contribution in [0.15, 0.2) is 12.1 Å². The molecule has 1 aliphatic heterocycles. The first-order valence-electron chi connectivity index (χ1n) is 7.44. The van der Waals surface area contributed by atoms with Crippen molar-refractivity contribution in [2.24, 2.45) is 11.7 Å². The van der Waals surface area contributed by atoms with Crippen molar-refractivity contribution in [1.29, 1.82) is 0 Å². The number of benzene rings is 1. The average Bonchev–Trinajstić information content (AvgIpc) is 2.95. The van der Waals surface area contributed by atoms with Gasteiger partial charge in [-0.05, 0) is 44.1 Å². The van der Waals surface area contributed by atoms with E-state index >= 15 is 0 Å². The Kier molecular flexibility index (Phi) is 5.31. The molecule has 0 aliphatic carbocycles. The number of ether oxygens (including phenoxy) is 3. The standard InChI is InChI=1S/C16H26N2O3/c1-5-18-9-8-11(10-17)14(18)12-6-7-13(19-2)16(21-4)15(12)20-3/h6-7,11,14H,5,8-10,17H2,1-4H3. The fraction of sp³-hybridized carbons (Fsp3) is 0.625. The summed E-state index contributed by atoms with van der Waals surface area (Å²) in [5.41, 5.74) is 7.10. The molecule has 0 amide bonds. The van der Waals surface area contributed by atoms with Crippen molar-refractivity contribution in [2.75, 3.05) is 41.0 Å². The molecule has 2 atom stereocenters. The highest BCUT2D eigenvalue weighted by Gasteiger charge is 2.36. The molecular formula is C16H26N2O3. The molecule has 118 valence electrons. The molecule has 1 aromatic carbocycles. The summed E-state index contributed by atoms with van der Waals surface area (Å²) < 4.78 is 16.5.